The van der Waals surface area contributed by atoms with E-state index in [1.54, 1.807) is 54.6 Å². The number of amides is 2. The van der Waals surface area contributed by atoms with Crippen LogP contribution in [0.5, 0.6) is 0 Å². The van der Waals surface area contributed by atoms with Crippen LogP contribution in [0.3, 0.4) is 0 Å². The number of anilines is 2. The van der Waals surface area contributed by atoms with E-state index in [2.05, 4.69) is 41.2 Å². The maximum atomic E-state index is 14.1. The fourth-order valence-corrected chi connectivity index (χ4v) is 4.85. The molecule has 3 N–H and O–H groups in total. The molecule has 1 aliphatic rings. The molecule has 0 aliphatic carbocycles. The van der Waals surface area contributed by atoms with Gasteiger partial charge in [0.05, 0.1) is 24.5 Å². The molecule has 0 saturated carbocycles. The van der Waals surface area contributed by atoms with Gasteiger partial charge < -0.3 is 15.4 Å². The zero-order chi connectivity index (χ0) is 32.0. The van der Waals surface area contributed by atoms with Gasteiger partial charge in [-0.25, -0.2) is 4.79 Å². The number of nitrogens with zero attached hydrogens (tertiary/aromatic N) is 5. The third-order valence-electron chi connectivity index (χ3n) is 6.85. The number of tetrazole rings is 1. The highest BCUT2D eigenvalue weighted by Crippen LogP contribution is 2.36. The molecule has 0 fully saturated rings. The highest BCUT2D eigenvalue weighted by atomic mass is 35.5. The van der Waals surface area contributed by atoms with Crippen LogP contribution >= 0.6 is 11.6 Å². The van der Waals surface area contributed by atoms with Crippen LogP contribution in [0.25, 0.3) is 22.9 Å². The van der Waals surface area contributed by atoms with Crippen LogP contribution in [-0.2, 0) is 9.53 Å². The zero-order valence-electron chi connectivity index (χ0n) is 23.6. The SMILES string of the molecule is COC(=O)Nc1ccc2c(c1)N[C@H](C(F)(F)F)CC=CCC(NC(=O)C=Cc1cc(Cl)ccc1-n1cnnn1)c1cc-2ccn1. The minimum Gasteiger partial charge on any atom is -0.453 e. The number of pyridine rings is 1. The summed E-state index contributed by atoms with van der Waals surface area (Å²) in [6.45, 7) is 0. The number of hydrogen-bond donors (Lipinski definition) is 3. The number of ether oxygens (including phenoxy) is 1. The molecule has 1 aliphatic heterocycles. The molecule has 0 saturated heterocycles. The highest BCUT2D eigenvalue weighted by molar-refractivity contribution is 6.30. The Bertz CT molecular complexity index is 1740. The van der Waals surface area contributed by atoms with E-state index in [-0.39, 0.29) is 24.2 Å². The van der Waals surface area contributed by atoms with E-state index < -0.39 is 30.3 Å². The molecule has 2 aromatic carbocycles. The Morgan fingerprint density at radius 3 is 2.69 bits per heavy atom. The zero-order valence-corrected chi connectivity index (χ0v) is 24.4. The van der Waals surface area contributed by atoms with Crippen molar-refractivity contribution in [2.45, 2.75) is 31.1 Å². The molecule has 2 atom stereocenters. The number of carbonyl (C=O) groups excluding carboxylic acids is 2. The molecule has 2 amide bonds. The first-order valence-corrected chi connectivity index (χ1v) is 13.9. The van der Waals surface area contributed by atoms with Crippen LogP contribution in [-0.4, -0.2) is 56.5 Å². The van der Waals surface area contributed by atoms with Gasteiger partial charge in [0.2, 0.25) is 5.91 Å². The topological polar surface area (TPSA) is 136 Å². The summed E-state index contributed by atoms with van der Waals surface area (Å²) >= 11 is 6.18. The Kier molecular flexibility index (Phi) is 9.42. The van der Waals surface area contributed by atoms with Crippen LogP contribution in [0.2, 0.25) is 5.02 Å². The van der Waals surface area contributed by atoms with Gasteiger partial charge in [-0.2, -0.15) is 17.9 Å². The van der Waals surface area contributed by atoms with Crippen molar-refractivity contribution in [2.24, 2.45) is 0 Å². The predicted molar refractivity (Wildman–Crippen MR) is 162 cm³/mol. The third kappa shape index (κ3) is 7.84. The molecular weight excluding hydrogens is 613 g/mol. The Morgan fingerprint density at radius 2 is 1.93 bits per heavy atom. The average molecular weight is 639 g/mol. The van der Waals surface area contributed by atoms with Gasteiger partial charge >= 0.3 is 12.3 Å². The summed E-state index contributed by atoms with van der Waals surface area (Å²) in [6.07, 6.45) is 3.24. The van der Waals surface area contributed by atoms with Crippen molar-refractivity contribution in [1.82, 2.24) is 30.5 Å². The number of hydrogen-bond acceptors (Lipinski definition) is 8. The van der Waals surface area contributed by atoms with Gasteiger partial charge in [-0.05, 0) is 77.4 Å². The van der Waals surface area contributed by atoms with Gasteiger partial charge in [0.15, 0.2) is 0 Å². The van der Waals surface area contributed by atoms with E-state index in [9.17, 15) is 22.8 Å². The average Bonchev–Trinajstić information content (AvgIpc) is 3.55. The lowest BCUT2D eigenvalue weighted by Gasteiger charge is -2.25. The summed E-state index contributed by atoms with van der Waals surface area (Å²) in [4.78, 5) is 29.3. The van der Waals surface area contributed by atoms with Crippen molar-refractivity contribution in [2.75, 3.05) is 17.7 Å². The molecule has 11 nitrogen and oxygen atoms in total. The van der Waals surface area contributed by atoms with E-state index in [0.29, 0.717) is 33.1 Å². The van der Waals surface area contributed by atoms with Gasteiger partial charge in [0.1, 0.15) is 12.4 Å². The van der Waals surface area contributed by atoms with Crippen LogP contribution in [0.15, 0.2) is 79.3 Å². The quantitative estimate of drug-likeness (QED) is 0.176. The molecule has 5 rings (SSSR count). The van der Waals surface area contributed by atoms with Gasteiger partial charge in [0, 0.05) is 39.8 Å². The van der Waals surface area contributed by atoms with E-state index in [1.165, 1.54) is 42.5 Å². The Hall–Kier alpha value is -5.24. The second kappa shape index (κ2) is 13.6. The third-order valence-corrected chi connectivity index (χ3v) is 7.09. The first-order valence-electron chi connectivity index (χ1n) is 13.6. The summed E-state index contributed by atoms with van der Waals surface area (Å²) in [5, 5.41) is 19.6. The second-order valence-electron chi connectivity index (χ2n) is 9.88. The van der Waals surface area contributed by atoms with Crippen molar-refractivity contribution in [3.8, 4) is 16.8 Å². The molecule has 0 radical (unpaired) electrons. The molecule has 15 heteroatoms. The number of rotatable bonds is 5. The largest absolute Gasteiger partial charge is 0.453 e. The van der Waals surface area contributed by atoms with Crippen molar-refractivity contribution < 1.29 is 27.5 Å². The normalized spacial score (nSPS) is 16.6. The highest BCUT2D eigenvalue weighted by Gasteiger charge is 2.39. The number of nitrogens with one attached hydrogen (secondary N) is 3. The molecule has 2 bridgehead atoms. The summed E-state index contributed by atoms with van der Waals surface area (Å²) in [7, 11) is 1.18. The van der Waals surface area contributed by atoms with Crippen LogP contribution in [0.1, 0.15) is 30.1 Å². The minimum absolute atomic E-state index is 0.140. The number of fused-ring (bicyclic) bond motifs is 4. The maximum Gasteiger partial charge on any atom is 0.411 e. The Labute approximate surface area is 260 Å². The molecular formula is C30H26ClF3N8O3. The number of halogens is 4. The number of carbonyl (C=O) groups is 2. The van der Waals surface area contributed by atoms with Crippen molar-refractivity contribution >= 4 is 41.1 Å². The predicted octanol–water partition coefficient (Wildman–Crippen LogP) is 6.12. The summed E-state index contributed by atoms with van der Waals surface area (Å²) in [5.74, 6) is -0.468. The van der Waals surface area contributed by atoms with Crippen LogP contribution < -0.4 is 16.0 Å². The molecule has 4 aromatic rings. The Morgan fingerprint density at radius 1 is 1.11 bits per heavy atom. The lowest BCUT2D eigenvalue weighted by atomic mass is 9.98. The minimum atomic E-state index is -4.58. The summed E-state index contributed by atoms with van der Waals surface area (Å²) in [6, 6.07) is 10.3. The fraction of sp³-hybridized carbons (Fsp3) is 0.200. The van der Waals surface area contributed by atoms with Crippen molar-refractivity contribution in [3.05, 3.63) is 95.6 Å². The molecule has 3 heterocycles. The van der Waals surface area contributed by atoms with E-state index in [1.807, 2.05) is 0 Å². The number of benzene rings is 2. The standard InChI is InChI=1S/C30H26ClF3N8O3/c1-45-29(44)37-21-8-9-22-18-12-13-35-25(15-18)23(4-2-3-5-27(30(32,33)34)38-24(22)16-21)39-28(43)11-6-19-14-20(31)7-10-26(19)42-17-36-40-41-42/h2-3,6-17,23,27,38H,4-5H2,1H3,(H,37,44)(H,39,43)/t23?,27-/m0/s1. The van der Waals surface area contributed by atoms with E-state index in [0.717, 1.165) is 0 Å². The first-order chi connectivity index (χ1) is 21.6. The van der Waals surface area contributed by atoms with E-state index >= 15 is 0 Å². The smallest absolute Gasteiger partial charge is 0.411 e. The number of methoxy groups -OCH3 is 1. The van der Waals surface area contributed by atoms with Crippen molar-refractivity contribution in [1.29, 1.82) is 0 Å². The molecule has 0 spiro atoms. The molecule has 45 heavy (non-hydrogen) atoms. The summed E-state index contributed by atoms with van der Waals surface area (Å²) < 4.78 is 48.3. The lowest BCUT2D eigenvalue weighted by molar-refractivity contribution is -0.141. The summed E-state index contributed by atoms with van der Waals surface area (Å²) in [5.41, 5.74) is 3.03. The van der Waals surface area contributed by atoms with Crippen LogP contribution in [0.4, 0.5) is 29.3 Å². The van der Waals surface area contributed by atoms with Crippen LogP contribution in [0, 0.1) is 0 Å². The number of alkyl halides is 3. The van der Waals surface area contributed by atoms with Gasteiger partial charge in [0.25, 0.3) is 0 Å². The molecule has 1 unspecified atom stereocenters. The number of aromatic nitrogens is 5. The van der Waals surface area contributed by atoms with Crippen molar-refractivity contribution in [3.63, 3.8) is 0 Å². The first kappa shape index (κ1) is 31.2. The second-order valence-corrected chi connectivity index (χ2v) is 10.3. The molecule has 232 valence electrons. The maximum absolute atomic E-state index is 14.1. The fourth-order valence-electron chi connectivity index (χ4n) is 4.67. The monoisotopic (exact) mass is 638 g/mol. The Balaban J connectivity index is 1.47. The van der Waals surface area contributed by atoms with Gasteiger partial charge in [-0.3, -0.25) is 15.1 Å². The lowest BCUT2D eigenvalue weighted by Crippen LogP contribution is -2.36. The van der Waals surface area contributed by atoms with Gasteiger partial charge in [-0.15, -0.1) is 5.10 Å². The molecule has 2 aromatic heterocycles. The van der Waals surface area contributed by atoms with E-state index in [4.69, 9.17) is 11.6 Å². The van der Waals surface area contributed by atoms with Gasteiger partial charge in [-0.1, -0.05) is 29.8 Å².